The lowest BCUT2D eigenvalue weighted by molar-refractivity contribution is -0.124. The number of hydrogen-bond acceptors (Lipinski definition) is 3. The average molecular weight is 354 g/mol. The van der Waals surface area contributed by atoms with E-state index in [1.54, 1.807) is 18.2 Å². The number of ether oxygens (including phenoxy) is 1. The fraction of sp³-hybridized carbons (Fsp3) is 0.100. The molecule has 0 atom stereocenters. The number of hydrogen-bond donors (Lipinski definition) is 1. The first-order valence-electron chi connectivity index (χ1n) is 7.79. The van der Waals surface area contributed by atoms with Crippen molar-refractivity contribution in [2.75, 3.05) is 6.61 Å². The summed E-state index contributed by atoms with van der Waals surface area (Å²) in [5, 5.41) is 5.24. The molecule has 0 unspecified atom stereocenters. The number of nitrogens with one attached hydrogen (secondary N) is 1. The molecule has 0 aliphatic rings. The zero-order valence-electron chi connectivity index (χ0n) is 13.4. The van der Waals surface area contributed by atoms with Crippen LogP contribution in [-0.4, -0.2) is 18.5 Å². The molecule has 3 rings (SSSR count). The van der Waals surface area contributed by atoms with Gasteiger partial charge in [0, 0.05) is 11.6 Å². The molecule has 5 heteroatoms. The summed E-state index contributed by atoms with van der Waals surface area (Å²) in [7, 11) is 0. The van der Waals surface area contributed by atoms with Crippen molar-refractivity contribution >= 4 is 34.2 Å². The van der Waals surface area contributed by atoms with Crippen LogP contribution in [0.15, 0.2) is 66.7 Å². The predicted octanol–water partition coefficient (Wildman–Crippen LogP) is 3.97. The average Bonchev–Trinajstić information content (AvgIpc) is 2.65. The van der Waals surface area contributed by atoms with E-state index >= 15 is 0 Å². The van der Waals surface area contributed by atoms with Gasteiger partial charge >= 0.3 is 5.97 Å². The van der Waals surface area contributed by atoms with E-state index in [1.807, 2.05) is 48.5 Å². The molecule has 0 saturated carbocycles. The van der Waals surface area contributed by atoms with Gasteiger partial charge in [-0.1, -0.05) is 60.1 Å². The highest BCUT2D eigenvalue weighted by Gasteiger charge is 2.11. The smallest absolute Gasteiger partial charge is 0.338 e. The summed E-state index contributed by atoms with van der Waals surface area (Å²) in [5.41, 5.74) is 1.22. The molecule has 0 heterocycles. The number of fused-ring (bicyclic) bond motifs is 1. The maximum absolute atomic E-state index is 12.1. The highest BCUT2D eigenvalue weighted by atomic mass is 35.5. The molecular weight excluding hydrogens is 338 g/mol. The summed E-state index contributed by atoms with van der Waals surface area (Å²) in [6.45, 7) is -0.0534. The minimum Gasteiger partial charge on any atom is -0.452 e. The summed E-state index contributed by atoms with van der Waals surface area (Å²) in [4.78, 5) is 23.9. The second kappa shape index (κ2) is 7.81. The quantitative estimate of drug-likeness (QED) is 0.706. The lowest BCUT2D eigenvalue weighted by Gasteiger charge is -2.08. The Hall–Kier alpha value is -2.85. The van der Waals surface area contributed by atoms with Gasteiger partial charge in [0.1, 0.15) is 0 Å². The summed E-state index contributed by atoms with van der Waals surface area (Å²) in [6.07, 6.45) is 0. The minimum absolute atomic E-state index is 0.284. The van der Waals surface area contributed by atoms with Crippen molar-refractivity contribution in [2.24, 2.45) is 0 Å². The van der Waals surface area contributed by atoms with E-state index in [-0.39, 0.29) is 19.1 Å². The van der Waals surface area contributed by atoms with Gasteiger partial charge in [0.15, 0.2) is 6.61 Å². The van der Waals surface area contributed by atoms with E-state index in [2.05, 4.69) is 5.32 Å². The van der Waals surface area contributed by atoms with Crippen LogP contribution in [0.1, 0.15) is 15.9 Å². The maximum Gasteiger partial charge on any atom is 0.338 e. The van der Waals surface area contributed by atoms with E-state index in [9.17, 15) is 9.59 Å². The minimum atomic E-state index is -0.529. The van der Waals surface area contributed by atoms with Crippen molar-refractivity contribution in [1.82, 2.24) is 5.32 Å². The number of halogens is 1. The van der Waals surface area contributed by atoms with Crippen LogP contribution in [0.3, 0.4) is 0 Å². The van der Waals surface area contributed by atoms with Crippen LogP contribution in [0.25, 0.3) is 10.8 Å². The van der Waals surface area contributed by atoms with Gasteiger partial charge in [-0.15, -0.1) is 0 Å². The third kappa shape index (κ3) is 4.37. The number of rotatable bonds is 5. The number of carbonyl (C=O) groups excluding carboxylic acids is 2. The summed E-state index contributed by atoms with van der Waals surface area (Å²) in [5.74, 6) is -0.910. The second-order valence-corrected chi connectivity index (χ2v) is 5.91. The normalized spacial score (nSPS) is 10.4. The van der Waals surface area contributed by atoms with Crippen molar-refractivity contribution in [3.8, 4) is 0 Å². The van der Waals surface area contributed by atoms with Crippen LogP contribution in [0.5, 0.6) is 0 Å². The Balaban J connectivity index is 1.54. The van der Waals surface area contributed by atoms with E-state index in [4.69, 9.17) is 16.3 Å². The zero-order chi connectivity index (χ0) is 17.6. The first kappa shape index (κ1) is 17.0. The summed E-state index contributed by atoms with van der Waals surface area (Å²) >= 11 is 6.03. The van der Waals surface area contributed by atoms with Gasteiger partial charge in [-0.05, 0) is 34.5 Å². The van der Waals surface area contributed by atoms with Crippen molar-refractivity contribution in [3.05, 3.63) is 82.9 Å². The molecule has 25 heavy (non-hydrogen) atoms. The van der Waals surface area contributed by atoms with E-state index in [1.165, 1.54) is 0 Å². The molecule has 0 saturated heterocycles. The maximum atomic E-state index is 12.1. The Kier molecular flexibility index (Phi) is 5.31. The number of benzene rings is 3. The summed E-state index contributed by atoms with van der Waals surface area (Å²) in [6, 6.07) is 20.2. The van der Waals surface area contributed by atoms with Crippen molar-refractivity contribution in [2.45, 2.75) is 6.54 Å². The molecule has 0 aliphatic carbocycles. The van der Waals surface area contributed by atoms with Gasteiger partial charge in [-0.2, -0.15) is 0 Å². The molecule has 126 valence electrons. The molecule has 0 aliphatic heterocycles. The molecule has 4 nitrogen and oxygen atoms in total. The molecule has 0 bridgehead atoms. The number of amides is 1. The van der Waals surface area contributed by atoms with E-state index in [0.717, 1.165) is 16.3 Å². The van der Waals surface area contributed by atoms with E-state index < -0.39 is 5.97 Å². The lowest BCUT2D eigenvalue weighted by atomic mass is 10.1. The van der Waals surface area contributed by atoms with Gasteiger partial charge in [-0.25, -0.2) is 4.79 Å². The lowest BCUT2D eigenvalue weighted by Crippen LogP contribution is -2.28. The highest BCUT2D eigenvalue weighted by Crippen LogP contribution is 2.16. The van der Waals surface area contributed by atoms with Crippen molar-refractivity contribution < 1.29 is 14.3 Å². The van der Waals surface area contributed by atoms with Crippen LogP contribution in [0.2, 0.25) is 5.02 Å². The van der Waals surface area contributed by atoms with Crippen LogP contribution in [0.4, 0.5) is 0 Å². The largest absolute Gasteiger partial charge is 0.452 e. The molecule has 0 fully saturated rings. The highest BCUT2D eigenvalue weighted by molar-refractivity contribution is 6.31. The number of carbonyl (C=O) groups is 2. The Morgan fingerprint density at radius 2 is 1.64 bits per heavy atom. The van der Waals surface area contributed by atoms with Gasteiger partial charge in [0.05, 0.1) is 5.56 Å². The Morgan fingerprint density at radius 1 is 0.920 bits per heavy atom. The molecule has 1 amide bonds. The summed E-state index contributed by atoms with van der Waals surface area (Å²) < 4.78 is 5.07. The molecule has 3 aromatic carbocycles. The van der Waals surface area contributed by atoms with Crippen LogP contribution in [-0.2, 0) is 16.1 Å². The first-order chi connectivity index (χ1) is 12.1. The second-order valence-electron chi connectivity index (χ2n) is 5.51. The zero-order valence-corrected chi connectivity index (χ0v) is 14.1. The van der Waals surface area contributed by atoms with Gasteiger partial charge < -0.3 is 10.1 Å². The van der Waals surface area contributed by atoms with Crippen molar-refractivity contribution in [3.63, 3.8) is 0 Å². The third-order valence-electron chi connectivity index (χ3n) is 3.75. The third-order valence-corrected chi connectivity index (χ3v) is 4.12. The first-order valence-corrected chi connectivity index (χ1v) is 8.17. The topological polar surface area (TPSA) is 55.4 Å². The van der Waals surface area contributed by atoms with E-state index in [0.29, 0.717) is 10.6 Å². The van der Waals surface area contributed by atoms with Crippen LogP contribution < -0.4 is 5.32 Å². The fourth-order valence-corrected chi connectivity index (χ4v) is 2.62. The molecule has 0 aromatic heterocycles. The van der Waals surface area contributed by atoms with Crippen LogP contribution >= 0.6 is 11.6 Å². The standard InChI is InChI=1S/C20H16ClNO3/c21-18-8-4-3-7-17(18)12-22-19(23)13-25-20(24)16-10-9-14-5-1-2-6-15(14)11-16/h1-11H,12-13H2,(H,22,23). The molecule has 0 spiro atoms. The van der Waals surface area contributed by atoms with Gasteiger partial charge in [0.25, 0.3) is 5.91 Å². The number of esters is 1. The van der Waals surface area contributed by atoms with Gasteiger partial charge in [-0.3, -0.25) is 4.79 Å². The molecule has 1 N–H and O–H groups in total. The fourth-order valence-electron chi connectivity index (χ4n) is 2.42. The predicted molar refractivity (Wildman–Crippen MR) is 97.5 cm³/mol. The SMILES string of the molecule is O=C(COC(=O)c1ccc2ccccc2c1)NCc1ccccc1Cl. The monoisotopic (exact) mass is 353 g/mol. The Labute approximate surface area is 150 Å². The molecule has 3 aromatic rings. The molecular formula is C20H16ClNO3. The Morgan fingerprint density at radius 3 is 2.44 bits per heavy atom. The molecule has 0 radical (unpaired) electrons. The van der Waals surface area contributed by atoms with Crippen LogP contribution in [0, 0.1) is 0 Å². The van der Waals surface area contributed by atoms with Gasteiger partial charge in [0.2, 0.25) is 0 Å². The Bertz CT molecular complexity index is 923. The van der Waals surface area contributed by atoms with Crippen molar-refractivity contribution in [1.29, 1.82) is 0 Å².